The van der Waals surface area contributed by atoms with Gasteiger partial charge in [-0.05, 0) is 57.1 Å². The van der Waals surface area contributed by atoms with Crippen molar-refractivity contribution >= 4 is 22.8 Å². The smallest absolute Gasteiger partial charge is 0.258 e. The van der Waals surface area contributed by atoms with Gasteiger partial charge in [0.25, 0.3) is 5.56 Å². The number of hydrogen-bond acceptors (Lipinski definition) is 5. The van der Waals surface area contributed by atoms with E-state index in [0.29, 0.717) is 16.6 Å². The highest BCUT2D eigenvalue weighted by Crippen LogP contribution is 2.19. The fraction of sp³-hybridized carbons (Fsp3) is 0.360. The van der Waals surface area contributed by atoms with E-state index in [4.69, 9.17) is 0 Å². The normalized spacial score (nSPS) is 11.8. The molecule has 0 bridgehead atoms. The van der Waals surface area contributed by atoms with Crippen molar-refractivity contribution < 1.29 is 4.39 Å². The number of pyridine rings is 1. The van der Waals surface area contributed by atoms with Crippen LogP contribution < -0.4 is 5.56 Å². The molecule has 0 saturated heterocycles. The summed E-state index contributed by atoms with van der Waals surface area (Å²) < 4.78 is 12.6. The summed E-state index contributed by atoms with van der Waals surface area (Å²) in [7, 11) is 2.08. The molecule has 0 fully saturated rings. The molecule has 170 valence electrons. The lowest BCUT2D eigenvalue weighted by molar-refractivity contribution is 0.327. The zero-order valence-corrected chi connectivity index (χ0v) is 19.3. The molecular formula is C25H32FN5O. The van der Waals surface area contributed by atoms with Gasteiger partial charge in [-0.15, -0.1) is 0 Å². The van der Waals surface area contributed by atoms with Gasteiger partial charge in [0.05, 0.1) is 17.4 Å². The van der Waals surface area contributed by atoms with Gasteiger partial charge in [0.15, 0.2) is 0 Å². The Morgan fingerprint density at radius 3 is 2.56 bits per heavy atom. The van der Waals surface area contributed by atoms with Gasteiger partial charge in [-0.2, -0.15) is 0 Å². The Labute approximate surface area is 189 Å². The lowest BCUT2D eigenvalue weighted by Gasteiger charge is -2.14. The lowest BCUT2D eigenvalue weighted by Crippen LogP contribution is -2.18. The maximum atomic E-state index is 12.6. The molecule has 0 aliphatic carbocycles. The summed E-state index contributed by atoms with van der Waals surface area (Å²) >= 11 is 0. The molecule has 0 unspecified atom stereocenters. The van der Waals surface area contributed by atoms with Crippen LogP contribution >= 0.6 is 0 Å². The quantitative estimate of drug-likeness (QED) is 0.491. The summed E-state index contributed by atoms with van der Waals surface area (Å²) in [6.07, 6.45) is 9.83. The van der Waals surface area contributed by atoms with Crippen molar-refractivity contribution in [3.8, 4) is 0 Å². The minimum atomic E-state index is -0.165. The number of benzene rings is 1. The highest BCUT2D eigenvalue weighted by atomic mass is 19.1. The van der Waals surface area contributed by atoms with Crippen molar-refractivity contribution in [1.82, 2.24) is 19.9 Å². The highest BCUT2D eigenvalue weighted by Gasteiger charge is 2.09. The van der Waals surface area contributed by atoms with Gasteiger partial charge >= 0.3 is 0 Å². The number of hydrogen-bond donors (Lipinski definition) is 1. The summed E-state index contributed by atoms with van der Waals surface area (Å²) in [5.41, 5.74) is 2.95. The molecular weight excluding hydrogens is 405 g/mol. The van der Waals surface area contributed by atoms with Crippen LogP contribution in [0.3, 0.4) is 0 Å². The monoisotopic (exact) mass is 437 g/mol. The van der Waals surface area contributed by atoms with Crippen molar-refractivity contribution in [1.29, 1.82) is 0 Å². The number of fused-ring (bicyclic) bond motifs is 1. The third-order valence-corrected chi connectivity index (χ3v) is 4.69. The Morgan fingerprint density at radius 2 is 1.91 bits per heavy atom. The molecule has 0 aliphatic heterocycles. The van der Waals surface area contributed by atoms with E-state index < -0.39 is 0 Å². The minimum absolute atomic E-state index is 0.165. The molecule has 1 N–H and O–H groups in total. The van der Waals surface area contributed by atoms with Crippen LogP contribution in [-0.2, 0) is 6.54 Å². The van der Waals surface area contributed by atoms with Gasteiger partial charge < -0.3 is 9.88 Å². The number of H-pyrrole nitrogens is 1. The lowest BCUT2D eigenvalue weighted by atomic mass is 10.2. The number of rotatable bonds is 8. The second kappa shape index (κ2) is 13.3. The fourth-order valence-electron chi connectivity index (χ4n) is 3.12. The molecule has 7 heteroatoms. The van der Waals surface area contributed by atoms with E-state index >= 15 is 0 Å². The highest BCUT2D eigenvalue weighted by molar-refractivity contribution is 5.89. The Hall–Kier alpha value is -3.19. The van der Waals surface area contributed by atoms with E-state index in [1.54, 1.807) is 12.3 Å². The standard InChI is InChI=1S/C14H16N4O.C11H16FN/c1-3-5-7-15-11(4-2)13-12-10(6-8-16-13)14(19)18-9-17-12;1-3-8-13(2)9-10-4-6-11(12)7-5-10/h4,6-9H,3,5H2,1-2H3,(H,17,18,19);4-7H,3,8-9H2,1-2H3/b11-4-,15-7?;. The van der Waals surface area contributed by atoms with Gasteiger partial charge in [-0.3, -0.25) is 14.8 Å². The van der Waals surface area contributed by atoms with Crippen molar-refractivity contribution in [3.05, 3.63) is 76.4 Å². The van der Waals surface area contributed by atoms with E-state index in [2.05, 4.69) is 45.7 Å². The number of unbranched alkanes of at least 4 members (excludes halogenated alkanes) is 1. The molecule has 3 aromatic rings. The molecule has 32 heavy (non-hydrogen) atoms. The third-order valence-electron chi connectivity index (χ3n) is 4.69. The second-order valence-electron chi connectivity index (χ2n) is 7.43. The molecule has 0 amide bonds. The minimum Gasteiger partial charge on any atom is -0.313 e. The molecule has 0 atom stereocenters. The van der Waals surface area contributed by atoms with Crippen molar-refractivity contribution in [2.24, 2.45) is 4.99 Å². The van der Waals surface area contributed by atoms with Crippen molar-refractivity contribution in [3.63, 3.8) is 0 Å². The maximum Gasteiger partial charge on any atom is 0.258 e. The first kappa shape index (κ1) is 25.1. The van der Waals surface area contributed by atoms with Gasteiger partial charge in [-0.25, -0.2) is 9.37 Å². The van der Waals surface area contributed by atoms with Crippen LogP contribution in [0.25, 0.3) is 16.6 Å². The summed E-state index contributed by atoms with van der Waals surface area (Å²) in [4.78, 5) is 29.4. The number of aromatic amines is 1. The molecule has 0 radical (unpaired) electrons. The largest absolute Gasteiger partial charge is 0.313 e. The van der Waals surface area contributed by atoms with Crippen LogP contribution in [0.5, 0.6) is 0 Å². The van der Waals surface area contributed by atoms with Crippen LogP contribution in [0.2, 0.25) is 0 Å². The van der Waals surface area contributed by atoms with Crippen LogP contribution in [0.1, 0.15) is 51.3 Å². The molecule has 0 saturated carbocycles. The van der Waals surface area contributed by atoms with E-state index in [9.17, 15) is 9.18 Å². The summed E-state index contributed by atoms with van der Waals surface area (Å²) in [5, 5.41) is 0.526. The van der Waals surface area contributed by atoms with Crippen LogP contribution in [0, 0.1) is 5.82 Å². The number of aliphatic imine (C=N–C) groups is 1. The number of aromatic nitrogens is 3. The zero-order chi connectivity index (χ0) is 23.3. The van der Waals surface area contributed by atoms with Crippen molar-refractivity contribution in [2.45, 2.75) is 46.6 Å². The van der Waals surface area contributed by atoms with E-state index in [1.165, 1.54) is 18.5 Å². The second-order valence-corrected chi connectivity index (χ2v) is 7.43. The van der Waals surface area contributed by atoms with Gasteiger partial charge in [-0.1, -0.05) is 38.5 Å². The average molecular weight is 438 g/mol. The predicted molar refractivity (Wildman–Crippen MR) is 130 cm³/mol. The third kappa shape index (κ3) is 7.50. The molecule has 1 aromatic carbocycles. The molecule has 0 spiro atoms. The number of allylic oxidation sites excluding steroid dienone is 1. The molecule has 2 aromatic heterocycles. The SMILES string of the molecule is C/C=C(\N=CCCC)c1nccc2c(=O)[nH]cnc12.CCCN(C)Cc1ccc(F)cc1. The van der Waals surface area contributed by atoms with Gasteiger partial charge in [0.1, 0.15) is 17.0 Å². The number of nitrogens with zero attached hydrogens (tertiary/aromatic N) is 4. The maximum absolute atomic E-state index is 12.6. The first-order valence-electron chi connectivity index (χ1n) is 10.9. The van der Waals surface area contributed by atoms with Gasteiger partial charge in [0.2, 0.25) is 0 Å². The Morgan fingerprint density at radius 1 is 1.16 bits per heavy atom. The summed E-state index contributed by atoms with van der Waals surface area (Å²) in [6.45, 7) is 8.12. The Bertz CT molecular complexity index is 1090. The van der Waals surface area contributed by atoms with Crippen LogP contribution in [-0.4, -0.2) is 39.7 Å². The van der Waals surface area contributed by atoms with E-state index in [-0.39, 0.29) is 11.4 Å². The predicted octanol–water partition coefficient (Wildman–Crippen LogP) is 5.22. The molecule has 0 aliphatic rings. The Kier molecular flexibility index (Phi) is 10.4. The number of nitrogens with one attached hydrogen (secondary N) is 1. The molecule has 2 heterocycles. The first-order valence-corrected chi connectivity index (χ1v) is 10.9. The zero-order valence-electron chi connectivity index (χ0n) is 19.3. The van der Waals surface area contributed by atoms with Gasteiger partial charge in [0, 0.05) is 19.0 Å². The first-order chi connectivity index (χ1) is 15.5. The van der Waals surface area contributed by atoms with Crippen LogP contribution in [0.4, 0.5) is 4.39 Å². The Balaban J connectivity index is 0.000000244. The van der Waals surface area contributed by atoms with Crippen LogP contribution in [0.15, 0.2) is 58.7 Å². The fourth-order valence-corrected chi connectivity index (χ4v) is 3.12. The van der Waals surface area contributed by atoms with Crippen molar-refractivity contribution in [2.75, 3.05) is 13.6 Å². The summed E-state index contributed by atoms with van der Waals surface area (Å²) in [5.74, 6) is -0.165. The topological polar surface area (TPSA) is 74.2 Å². The van der Waals surface area contributed by atoms with E-state index in [1.807, 2.05) is 31.3 Å². The molecule has 6 nitrogen and oxygen atoms in total. The number of halogens is 1. The molecule has 3 rings (SSSR count). The van der Waals surface area contributed by atoms with E-state index in [0.717, 1.165) is 43.6 Å². The summed E-state index contributed by atoms with van der Waals surface area (Å²) in [6, 6.07) is 8.35. The average Bonchev–Trinajstić information content (AvgIpc) is 2.79.